The molecule has 2 unspecified atom stereocenters. The van der Waals surface area contributed by atoms with Crippen molar-refractivity contribution < 1.29 is 9.84 Å². The van der Waals surface area contributed by atoms with E-state index in [0.717, 1.165) is 24.1 Å². The normalized spacial score (nSPS) is 20.5. The zero-order valence-electron chi connectivity index (χ0n) is 13.0. The van der Waals surface area contributed by atoms with Crippen molar-refractivity contribution in [3.8, 4) is 0 Å². The number of nitrogens with one attached hydrogen (secondary N) is 1. The molecule has 1 fully saturated rings. The van der Waals surface area contributed by atoms with Gasteiger partial charge in [0, 0.05) is 18.9 Å². The summed E-state index contributed by atoms with van der Waals surface area (Å²) < 4.78 is 7.72. The first-order chi connectivity index (χ1) is 11.8. The van der Waals surface area contributed by atoms with Crippen LogP contribution in [-0.2, 0) is 11.3 Å². The van der Waals surface area contributed by atoms with Crippen LogP contribution in [0.4, 0.5) is 5.82 Å². The number of hydrogen-bond donors (Lipinski definition) is 2. The van der Waals surface area contributed by atoms with Gasteiger partial charge in [0.25, 0.3) is 0 Å². The van der Waals surface area contributed by atoms with Crippen molar-refractivity contribution in [2.75, 3.05) is 11.9 Å². The summed E-state index contributed by atoms with van der Waals surface area (Å²) in [5.41, 5.74) is 2.49. The number of anilines is 1. The van der Waals surface area contributed by atoms with Gasteiger partial charge in [-0.15, -0.1) is 0 Å². The van der Waals surface area contributed by atoms with Gasteiger partial charge in [-0.2, -0.15) is 0 Å². The largest absolute Gasteiger partial charge is 0.394 e. The molecule has 2 atom stereocenters. The molecule has 1 aliphatic heterocycles. The van der Waals surface area contributed by atoms with Crippen LogP contribution in [0.1, 0.15) is 24.6 Å². The third-order valence-electron chi connectivity index (χ3n) is 4.14. The van der Waals surface area contributed by atoms with Gasteiger partial charge in [-0.1, -0.05) is 6.07 Å². The van der Waals surface area contributed by atoms with Gasteiger partial charge in [0.15, 0.2) is 17.0 Å². The lowest BCUT2D eigenvalue weighted by molar-refractivity contribution is -0.0207. The van der Waals surface area contributed by atoms with E-state index in [1.807, 2.05) is 22.9 Å². The summed E-state index contributed by atoms with van der Waals surface area (Å²) in [7, 11) is 0. The fourth-order valence-electron chi connectivity index (χ4n) is 2.91. The number of hydrogen-bond acceptors (Lipinski definition) is 7. The van der Waals surface area contributed by atoms with E-state index in [1.54, 1.807) is 12.5 Å². The standard InChI is InChI=1S/C16H18N6O2/c23-8-12-3-4-13(24-12)22-10-21-14-15(19-9-20-16(14)22)18-7-11-2-1-5-17-6-11/h1-2,5-6,9-10,12-13,23H,3-4,7-8H2,(H,18,19,20). The summed E-state index contributed by atoms with van der Waals surface area (Å²) in [6, 6.07) is 3.90. The van der Waals surface area contributed by atoms with Gasteiger partial charge in [-0.05, 0) is 24.5 Å². The Kier molecular flexibility index (Phi) is 4.06. The van der Waals surface area contributed by atoms with E-state index in [4.69, 9.17) is 4.74 Å². The van der Waals surface area contributed by atoms with Crippen LogP contribution in [0.25, 0.3) is 11.2 Å². The van der Waals surface area contributed by atoms with Gasteiger partial charge in [0.1, 0.15) is 12.6 Å². The van der Waals surface area contributed by atoms with Crippen molar-refractivity contribution in [2.24, 2.45) is 0 Å². The van der Waals surface area contributed by atoms with Crippen LogP contribution in [0.2, 0.25) is 0 Å². The number of pyridine rings is 1. The highest BCUT2D eigenvalue weighted by atomic mass is 16.5. The van der Waals surface area contributed by atoms with E-state index < -0.39 is 0 Å². The number of aliphatic hydroxyl groups is 1. The lowest BCUT2D eigenvalue weighted by Crippen LogP contribution is -2.14. The van der Waals surface area contributed by atoms with E-state index in [2.05, 4.69) is 25.3 Å². The molecule has 8 nitrogen and oxygen atoms in total. The highest BCUT2D eigenvalue weighted by Crippen LogP contribution is 2.31. The average molecular weight is 326 g/mol. The van der Waals surface area contributed by atoms with Crippen LogP contribution in [0.3, 0.4) is 0 Å². The third-order valence-corrected chi connectivity index (χ3v) is 4.14. The fourth-order valence-corrected chi connectivity index (χ4v) is 2.91. The molecule has 3 aromatic heterocycles. The van der Waals surface area contributed by atoms with Gasteiger partial charge in [-0.3, -0.25) is 9.55 Å². The summed E-state index contributed by atoms with van der Waals surface area (Å²) in [6.07, 6.45) is 8.20. The Morgan fingerprint density at radius 1 is 1.29 bits per heavy atom. The second kappa shape index (κ2) is 6.50. The van der Waals surface area contributed by atoms with Crippen molar-refractivity contribution in [2.45, 2.75) is 31.7 Å². The highest BCUT2D eigenvalue weighted by Gasteiger charge is 2.27. The van der Waals surface area contributed by atoms with Crippen LogP contribution in [-0.4, -0.2) is 42.3 Å². The molecule has 24 heavy (non-hydrogen) atoms. The van der Waals surface area contributed by atoms with E-state index >= 15 is 0 Å². The Morgan fingerprint density at radius 2 is 2.25 bits per heavy atom. The van der Waals surface area contributed by atoms with Gasteiger partial charge in [-0.25, -0.2) is 15.0 Å². The first-order valence-electron chi connectivity index (χ1n) is 7.92. The lowest BCUT2D eigenvalue weighted by Gasteiger charge is -2.14. The maximum absolute atomic E-state index is 9.23. The number of ether oxygens (including phenoxy) is 1. The number of aliphatic hydroxyl groups excluding tert-OH is 1. The van der Waals surface area contributed by atoms with Crippen molar-refractivity contribution in [3.63, 3.8) is 0 Å². The molecule has 4 rings (SSSR count). The molecule has 0 radical (unpaired) electrons. The molecule has 0 aromatic carbocycles. The van der Waals surface area contributed by atoms with E-state index in [9.17, 15) is 5.11 Å². The van der Waals surface area contributed by atoms with Crippen LogP contribution in [0.15, 0.2) is 37.2 Å². The number of aromatic nitrogens is 5. The molecule has 0 bridgehead atoms. The first kappa shape index (κ1) is 15.0. The molecule has 1 saturated heterocycles. The molecular weight excluding hydrogens is 308 g/mol. The van der Waals surface area contributed by atoms with Gasteiger partial charge >= 0.3 is 0 Å². The molecular formula is C16H18N6O2. The van der Waals surface area contributed by atoms with Crippen molar-refractivity contribution in [1.82, 2.24) is 24.5 Å². The summed E-state index contributed by atoms with van der Waals surface area (Å²) in [6.45, 7) is 0.648. The van der Waals surface area contributed by atoms with Gasteiger partial charge < -0.3 is 15.2 Å². The lowest BCUT2D eigenvalue weighted by atomic mass is 10.2. The second-order valence-electron chi connectivity index (χ2n) is 5.73. The summed E-state index contributed by atoms with van der Waals surface area (Å²) in [5.74, 6) is 0.680. The third kappa shape index (κ3) is 2.81. The molecule has 1 aliphatic rings. The number of fused-ring (bicyclic) bond motifs is 1. The molecule has 124 valence electrons. The molecule has 0 amide bonds. The molecule has 4 heterocycles. The number of rotatable bonds is 5. The van der Waals surface area contributed by atoms with Crippen molar-refractivity contribution in [1.29, 1.82) is 0 Å². The SMILES string of the molecule is OCC1CCC(n2cnc3c(NCc4cccnc4)ncnc32)O1. The highest BCUT2D eigenvalue weighted by molar-refractivity contribution is 5.82. The molecule has 2 N–H and O–H groups in total. The Hall–Kier alpha value is -2.58. The zero-order chi connectivity index (χ0) is 16.4. The maximum Gasteiger partial charge on any atom is 0.167 e. The Bertz CT molecular complexity index is 822. The smallest absolute Gasteiger partial charge is 0.167 e. The van der Waals surface area contributed by atoms with Crippen LogP contribution in [0.5, 0.6) is 0 Å². The minimum absolute atomic E-state index is 0.0377. The van der Waals surface area contributed by atoms with E-state index in [1.165, 1.54) is 6.33 Å². The Morgan fingerprint density at radius 3 is 3.04 bits per heavy atom. The van der Waals surface area contributed by atoms with E-state index in [0.29, 0.717) is 17.9 Å². The maximum atomic E-state index is 9.23. The zero-order valence-corrected chi connectivity index (χ0v) is 13.0. The fraction of sp³-hybridized carbons (Fsp3) is 0.375. The minimum Gasteiger partial charge on any atom is -0.394 e. The van der Waals surface area contributed by atoms with Crippen LogP contribution >= 0.6 is 0 Å². The molecule has 8 heteroatoms. The second-order valence-corrected chi connectivity index (χ2v) is 5.73. The average Bonchev–Trinajstić information content (AvgIpc) is 3.27. The number of imidazole rings is 1. The minimum atomic E-state index is -0.145. The first-order valence-corrected chi connectivity index (χ1v) is 7.92. The Balaban J connectivity index is 1.57. The monoisotopic (exact) mass is 326 g/mol. The summed E-state index contributed by atoms with van der Waals surface area (Å²) in [5, 5.41) is 12.5. The van der Waals surface area contributed by atoms with Gasteiger partial charge in [0.2, 0.25) is 0 Å². The molecule has 0 spiro atoms. The van der Waals surface area contributed by atoms with Crippen LogP contribution in [0, 0.1) is 0 Å². The predicted octanol–water partition coefficient (Wildman–Crippen LogP) is 1.50. The predicted molar refractivity (Wildman–Crippen MR) is 87.1 cm³/mol. The van der Waals surface area contributed by atoms with E-state index in [-0.39, 0.29) is 18.9 Å². The molecule has 0 saturated carbocycles. The number of nitrogens with zero attached hydrogens (tertiary/aromatic N) is 5. The van der Waals surface area contributed by atoms with Crippen LogP contribution < -0.4 is 5.32 Å². The summed E-state index contributed by atoms with van der Waals surface area (Å²) >= 11 is 0. The quantitative estimate of drug-likeness (QED) is 0.733. The Labute approximate surface area is 138 Å². The molecule has 3 aromatic rings. The van der Waals surface area contributed by atoms with Gasteiger partial charge in [0.05, 0.1) is 19.0 Å². The summed E-state index contributed by atoms with van der Waals surface area (Å²) in [4.78, 5) is 17.2. The molecule has 0 aliphatic carbocycles. The van der Waals surface area contributed by atoms with Crippen molar-refractivity contribution >= 4 is 17.0 Å². The topological polar surface area (TPSA) is 98.0 Å². The van der Waals surface area contributed by atoms with Crippen molar-refractivity contribution in [3.05, 3.63) is 42.7 Å².